The molecule has 1 fully saturated rings. The Bertz CT molecular complexity index is 712. The van der Waals surface area contributed by atoms with Gasteiger partial charge in [0.05, 0.1) is 12.1 Å². The van der Waals surface area contributed by atoms with Crippen LogP contribution < -0.4 is 10.1 Å². The minimum Gasteiger partial charge on any atom is -0.494 e. The lowest BCUT2D eigenvalue weighted by molar-refractivity contribution is -0.0380. The molecule has 0 radical (unpaired) electrons. The van der Waals surface area contributed by atoms with Gasteiger partial charge in [0, 0.05) is 12.8 Å². The van der Waals surface area contributed by atoms with Gasteiger partial charge in [0.2, 0.25) is 0 Å². The summed E-state index contributed by atoms with van der Waals surface area (Å²) in [7, 11) is 1.50. The molecule has 1 saturated heterocycles. The van der Waals surface area contributed by atoms with Crippen molar-refractivity contribution in [3.8, 4) is 5.75 Å². The lowest BCUT2D eigenvalue weighted by Crippen LogP contribution is -2.43. The van der Waals surface area contributed by atoms with E-state index in [-0.39, 0.29) is 0 Å². The van der Waals surface area contributed by atoms with Crippen molar-refractivity contribution in [2.24, 2.45) is 0 Å². The van der Waals surface area contributed by atoms with Crippen molar-refractivity contribution < 1.29 is 14.3 Å². The number of hydrogen-bond donors (Lipinski definition) is 1. The van der Waals surface area contributed by atoms with Gasteiger partial charge in [-0.1, -0.05) is 48.0 Å². The minimum absolute atomic E-state index is 0.346. The molecular formula is C19H20ClNO3. The van der Waals surface area contributed by atoms with Crippen LogP contribution in [0, 0.1) is 0 Å². The Kier molecular flexibility index (Phi) is 5.07. The molecule has 1 heterocycles. The van der Waals surface area contributed by atoms with E-state index in [1.54, 1.807) is 18.2 Å². The Labute approximate surface area is 146 Å². The van der Waals surface area contributed by atoms with E-state index < -0.39 is 11.6 Å². The third-order valence-electron chi connectivity index (χ3n) is 4.39. The number of carbonyl (C=O) groups excluding carboxylic acids is 1. The second kappa shape index (κ2) is 7.24. The summed E-state index contributed by atoms with van der Waals surface area (Å²) in [6, 6.07) is 15.0. The molecule has 126 valence electrons. The van der Waals surface area contributed by atoms with Gasteiger partial charge in [0.1, 0.15) is 11.2 Å². The minimum atomic E-state index is -0.628. The number of rotatable bonds is 4. The number of carbonyl (C=O) groups is 1. The molecule has 3 rings (SSSR count). The third kappa shape index (κ3) is 3.25. The van der Waals surface area contributed by atoms with E-state index >= 15 is 0 Å². The van der Waals surface area contributed by atoms with Gasteiger partial charge in [-0.3, -0.25) is 0 Å². The Hall–Kier alpha value is -2.04. The van der Waals surface area contributed by atoms with Gasteiger partial charge in [-0.2, -0.15) is 0 Å². The van der Waals surface area contributed by atoms with Crippen LogP contribution in [0.2, 0.25) is 5.02 Å². The molecule has 2 aromatic rings. The summed E-state index contributed by atoms with van der Waals surface area (Å²) in [5.74, 6) is -0.0681. The lowest BCUT2D eigenvalue weighted by Gasteiger charge is -2.37. The smallest absolute Gasteiger partial charge is 0.342 e. The fourth-order valence-electron chi connectivity index (χ4n) is 3.13. The number of hydrogen-bond acceptors (Lipinski definition) is 4. The van der Waals surface area contributed by atoms with Crippen LogP contribution in [0.15, 0.2) is 48.5 Å². The number of nitrogens with one attached hydrogen (secondary N) is 1. The topological polar surface area (TPSA) is 47.6 Å². The van der Waals surface area contributed by atoms with Gasteiger partial charge in [0.15, 0.2) is 5.75 Å². The molecule has 5 heteroatoms. The Morgan fingerprint density at radius 1 is 1.08 bits per heavy atom. The Balaban J connectivity index is 1.94. The van der Waals surface area contributed by atoms with Crippen molar-refractivity contribution in [1.29, 1.82) is 0 Å². The van der Waals surface area contributed by atoms with Gasteiger partial charge in [-0.25, -0.2) is 4.79 Å². The first kappa shape index (κ1) is 16.8. The molecule has 24 heavy (non-hydrogen) atoms. The Morgan fingerprint density at radius 3 is 2.46 bits per heavy atom. The quantitative estimate of drug-likeness (QED) is 0.857. The molecule has 0 amide bonds. The first-order valence-electron chi connectivity index (χ1n) is 7.98. The summed E-state index contributed by atoms with van der Waals surface area (Å²) in [4.78, 5) is 12.8. The zero-order chi connectivity index (χ0) is 17.0. The second-order valence-electron chi connectivity index (χ2n) is 5.82. The highest BCUT2D eigenvalue weighted by Gasteiger charge is 2.38. The molecule has 1 aliphatic heterocycles. The van der Waals surface area contributed by atoms with Gasteiger partial charge < -0.3 is 14.8 Å². The van der Waals surface area contributed by atoms with E-state index in [0.29, 0.717) is 16.3 Å². The fourth-order valence-corrected chi connectivity index (χ4v) is 3.38. The van der Waals surface area contributed by atoms with E-state index in [4.69, 9.17) is 21.1 Å². The third-order valence-corrected chi connectivity index (χ3v) is 4.69. The van der Waals surface area contributed by atoms with Crippen LogP contribution >= 0.6 is 11.6 Å². The van der Waals surface area contributed by atoms with Gasteiger partial charge in [-0.15, -0.1) is 0 Å². The standard InChI is InChI=1S/C19H20ClNO3/c1-23-17-15(8-5-9-16(17)20)18(22)24-19(10-12-21-13-11-19)14-6-3-2-4-7-14/h2-9,21H,10-13H2,1H3. The summed E-state index contributed by atoms with van der Waals surface area (Å²) in [6.07, 6.45) is 1.46. The van der Waals surface area contributed by atoms with Crippen molar-refractivity contribution in [3.63, 3.8) is 0 Å². The average Bonchev–Trinajstić information content (AvgIpc) is 2.63. The maximum Gasteiger partial charge on any atom is 0.342 e. The summed E-state index contributed by atoms with van der Waals surface area (Å²) in [6.45, 7) is 1.60. The monoisotopic (exact) mass is 345 g/mol. The predicted molar refractivity (Wildman–Crippen MR) is 93.6 cm³/mol. The van der Waals surface area contributed by atoms with Crippen LogP contribution in [0.1, 0.15) is 28.8 Å². The van der Waals surface area contributed by atoms with E-state index in [0.717, 1.165) is 31.5 Å². The number of piperidine rings is 1. The molecule has 0 atom stereocenters. The fraction of sp³-hybridized carbons (Fsp3) is 0.316. The van der Waals surface area contributed by atoms with Gasteiger partial charge in [0.25, 0.3) is 0 Å². The molecule has 0 aliphatic carbocycles. The summed E-state index contributed by atoms with van der Waals surface area (Å²) in [5, 5.41) is 3.71. The summed E-state index contributed by atoms with van der Waals surface area (Å²) < 4.78 is 11.3. The number of benzene rings is 2. The first-order valence-corrected chi connectivity index (χ1v) is 8.36. The van der Waals surface area contributed by atoms with Gasteiger partial charge >= 0.3 is 5.97 Å². The maximum absolute atomic E-state index is 12.8. The first-order chi connectivity index (χ1) is 11.7. The van der Waals surface area contributed by atoms with E-state index in [1.165, 1.54) is 7.11 Å². The predicted octanol–water partition coefficient (Wildman–Crippen LogP) is 3.78. The van der Waals surface area contributed by atoms with Crippen molar-refractivity contribution in [1.82, 2.24) is 5.32 Å². The number of methoxy groups -OCH3 is 1. The molecule has 4 nitrogen and oxygen atoms in total. The maximum atomic E-state index is 12.8. The average molecular weight is 346 g/mol. The molecule has 0 saturated carbocycles. The molecule has 0 spiro atoms. The lowest BCUT2D eigenvalue weighted by atomic mass is 9.84. The van der Waals surface area contributed by atoms with E-state index in [1.807, 2.05) is 30.3 Å². The molecule has 1 N–H and O–H groups in total. The number of para-hydroxylation sites is 1. The molecule has 2 aromatic carbocycles. The van der Waals surface area contributed by atoms with Crippen LogP contribution in [0.5, 0.6) is 5.75 Å². The van der Waals surface area contributed by atoms with Gasteiger partial charge in [-0.05, 0) is 30.8 Å². The zero-order valence-corrected chi connectivity index (χ0v) is 14.3. The molecular weight excluding hydrogens is 326 g/mol. The SMILES string of the molecule is COc1c(Cl)cccc1C(=O)OC1(c2ccccc2)CCNCC1. The van der Waals surface area contributed by atoms with Crippen LogP contribution in [0.3, 0.4) is 0 Å². The molecule has 0 unspecified atom stereocenters. The number of halogens is 1. The van der Waals surface area contributed by atoms with Crippen LogP contribution in [-0.4, -0.2) is 26.2 Å². The largest absolute Gasteiger partial charge is 0.494 e. The highest BCUT2D eigenvalue weighted by molar-refractivity contribution is 6.32. The van der Waals surface area contributed by atoms with E-state index in [9.17, 15) is 4.79 Å². The Morgan fingerprint density at radius 2 is 1.79 bits per heavy atom. The van der Waals surface area contributed by atoms with Crippen molar-refractivity contribution in [2.75, 3.05) is 20.2 Å². The zero-order valence-electron chi connectivity index (χ0n) is 13.5. The van der Waals surface area contributed by atoms with Crippen LogP contribution in [0.4, 0.5) is 0 Å². The van der Waals surface area contributed by atoms with Crippen molar-refractivity contribution in [3.05, 3.63) is 64.7 Å². The van der Waals surface area contributed by atoms with E-state index in [2.05, 4.69) is 5.32 Å². The molecule has 0 aromatic heterocycles. The molecule has 1 aliphatic rings. The van der Waals surface area contributed by atoms with Crippen LogP contribution in [0.25, 0.3) is 0 Å². The molecule has 0 bridgehead atoms. The normalized spacial score (nSPS) is 16.4. The number of esters is 1. The van der Waals surface area contributed by atoms with Crippen LogP contribution in [-0.2, 0) is 10.3 Å². The number of ether oxygens (including phenoxy) is 2. The van der Waals surface area contributed by atoms with Crippen molar-refractivity contribution in [2.45, 2.75) is 18.4 Å². The second-order valence-corrected chi connectivity index (χ2v) is 6.23. The summed E-state index contributed by atoms with van der Waals surface area (Å²) in [5.41, 5.74) is 0.733. The van der Waals surface area contributed by atoms with Crippen molar-refractivity contribution >= 4 is 17.6 Å². The summed E-state index contributed by atoms with van der Waals surface area (Å²) >= 11 is 6.13. The highest BCUT2D eigenvalue weighted by atomic mass is 35.5. The highest BCUT2D eigenvalue weighted by Crippen LogP contribution is 2.37.